The molecule has 0 radical (unpaired) electrons. The van der Waals surface area contributed by atoms with Gasteiger partial charge in [-0.1, -0.05) is 0 Å². The van der Waals surface area contributed by atoms with Crippen molar-refractivity contribution in [2.24, 2.45) is 5.41 Å². The highest BCUT2D eigenvalue weighted by Crippen LogP contribution is 2.40. The van der Waals surface area contributed by atoms with Crippen molar-refractivity contribution in [3.05, 3.63) is 23.9 Å². The quantitative estimate of drug-likeness (QED) is 0.784. The molecule has 0 unspecified atom stereocenters. The summed E-state index contributed by atoms with van der Waals surface area (Å²) in [5.74, 6) is 1.11. The molecule has 1 aromatic rings. The Hall–Kier alpha value is -2.15. The lowest BCUT2D eigenvalue weighted by atomic mass is 9.72. The van der Waals surface area contributed by atoms with Gasteiger partial charge in [-0.15, -0.1) is 0 Å². The molecule has 7 nitrogen and oxygen atoms in total. The number of rotatable bonds is 5. The van der Waals surface area contributed by atoms with Gasteiger partial charge >= 0.3 is 0 Å². The fourth-order valence-electron chi connectivity index (χ4n) is 4.06. The summed E-state index contributed by atoms with van der Waals surface area (Å²) in [6.07, 6.45) is 5.08. The van der Waals surface area contributed by atoms with Gasteiger partial charge in [-0.05, 0) is 36.8 Å². The first-order valence-corrected chi connectivity index (χ1v) is 9.63. The van der Waals surface area contributed by atoms with Crippen LogP contribution in [0.2, 0.25) is 0 Å². The van der Waals surface area contributed by atoms with Gasteiger partial charge in [-0.25, -0.2) is 4.98 Å². The summed E-state index contributed by atoms with van der Waals surface area (Å²) in [4.78, 5) is 35.1. The number of nitrogens with zero attached hydrogens (tertiary/aromatic N) is 4. The topological polar surface area (TPSA) is 66.0 Å². The molecule has 3 rings (SSSR count). The van der Waals surface area contributed by atoms with E-state index in [1.54, 1.807) is 13.3 Å². The molecule has 1 aromatic heterocycles. The zero-order valence-electron chi connectivity index (χ0n) is 16.6. The van der Waals surface area contributed by atoms with Crippen LogP contribution in [0.1, 0.15) is 36.0 Å². The number of carbonyl (C=O) groups is 2. The number of methoxy groups -OCH3 is 1. The number of hydrogen-bond donors (Lipinski definition) is 0. The molecular weight excluding hydrogens is 344 g/mol. The summed E-state index contributed by atoms with van der Waals surface area (Å²) < 4.78 is 5.13. The van der Waals surface area contributed by atoms with Crippen molar-refractivity contribution in [2.75, 3.05) is 58.9 Å². The molecule has 3 heterocycles. The third-order valence-corrected chi connectivity index (χ3v) is 5.88. The van der Waals surface area contributed by atoms with Crippen molar-refractivity contribution in [2.45, 2.75) is 25.7 Å². The van der Waals surface area contributed by atoms with Crippen molar-refractivity contribution in [1.29, 1.82) is 0 Å². The standard InChI is InChI=1S/C20H30N4O3/c1-22(2)17-5-4-16(14-21-17)19(26)23-10-8-20(9-11-23)7-6-18(25)24(15-20)12-13-27-3/h4-5,14H,6-13,15H2,1-3H3. The van der Waals surface area contributed by atoms with Crippen LogP contribution >= 0.6 is 0 Å². The lowest BCUT2D eigenvalue weighted by molar-refractivity contribution is -0.139. The summed E-state index contributed by atoms with van der Waals surface area (Å²) in [6, 6.07) is 3.72. The van der Waals surface area contributed by atoms with E-state index < -0.39 is 0 Å². The predicted octanol–water partition coefficient (Wildman–Crippen LogP) is 1.64. The van der Waals surface area contributed by atoms with E-state index >= 15 is 0 Å². The highest BCUT2D eigenvalue weighted by Gasteiger charge is 2.41. The van der Waals surface area contributed by atoms with E-state index in [4.69, 9.17) is 4.74 Å². The summed E-state index contributed by atoms with van der Waals surface area (Å²) in [6.45, 7) is 3.49. The molecule has 27 heavy (non-hydrogen) atoms. The maximum absolute atomic E-state index is 12.8. The van der Waals surface area contributed by atoms with Crippen LogP contribution in [-0.4, -0.2) is 80.6 Å². The molecule has 0 aromatic carbocycles. The lowest BCUT2D eigenvalue weighted by Gasteiger charge is -2.47. The van der Waals surface area contributed by atoms with E-state index in [0.29, 0.717) is 25.1 Å². The van der Waals surface area contributed by atoms with Crippen LogP contribution < -0.4 is 4.90 Å². The van der Waals surface area contributed by atoms with Gasteiger partial charge in [-0.2, -0.15) is 0 Å². The monoisotopic (exact) mass is 374 g/mol. The number of aromatic nitrogens is 1. The van der Waals surface area contributed by atoms with Crippen LogP contribution in [0.5, 0.6) is 0 Å². The van der Waals surface area contributed by atoms with Gasteiger partial charge in [0.25, 0.3) is 5.91 Å². The Balaban J connectivity index is 1.59. The second-order valence-corrected chi connectivity index (χ2v) is 7.90. The first-order valence-electron chi connectivity index (χ1n) is 9.63. The van der Waals surface area contributed by atoms with Crippen LogP contribution in [0, 0.1) is 5.41 Å². The number of hydrogen-bond acceptors (Lipinski definition) is 5. The van der Waals surface area contributed by atoms with Crippen molar-refractivity contribution >= 4 is 17.6 Å². The Morgan fingerprint density at radius 2 is 2.00 bits per heavy atom. The largest absolute Gasteiger partial charge is 0.383 e. The minimum Gasteiger partial charge on any atom is -0.383 e. The lowest BCUT2D eigenvalue weighted by Crippen LogP contribution is -2.52. The van der Waals surface area contributed by atoms with Crippen molar-refractivity contribution in [3.8, 4) is 0 Å². The SMILES string of the molecule is COCCN1CC2(CCC1=O)CCN(C(=O)c1ccc(N(C)C)nc1)CC2. The minimum absolute atomic E-state index is 0.0470. The summed E-state index contributed by atoms with van der Waals surface area (Å²) in [5.41, 5.74) is 0.781. The molecule has 0 N–H and O–H groups in total. The molecule has 2 amide bonds. The predicted molar refractivity (Wildman–Crippen MR) is 104 cm³/mol. The van der Waals surface area contributed by atoms with Gasteiger partial charge in [-0.3, -0.25) is 9.59 Å². The highest BCUT2D eigenvalue weighted by molar-refractivity contribution is 5.94. The normalized spacial score (nSPS) is 19.4. The molecule has 0 aliphatic carbocycles. The van der Waals surface area contributed by atoms with Crippen molar-refractivity contribution < 1.29 is 14.3 Å². The van der Waals surface area contributed by atoms with Gasteiger partial charge in [0.1, 0.15) is 5.82 Å². The Morgan fingerprint density at radius 1 is 1.26 bits per heavy atom. The average molecular weight is 374 g/mol. The van der Waals surface area contributed by atoms with Gasteiger partial charge < -0.3 is 19.4 Å². The van der Waals surface area contributed by atoms with E-state index in [1.807, 2.05) is 40.9 Å². The summed E-state index contributed by atoms with van der Waals surface area (Å²) >= 11 is 0. The van der Waals surface area contributed by atoms with Crippen LogP contribution in [0.4, 0.5) is 5.82 Å². The summed E-state index contributed by atoms with van der Waals surface area (Å²) in [5, 5.41) is 0. The molecule has 2 aliphatic heterocycles. The molecule has 2 saturated heterocycles. The molecule has 2 fully saturated rings. The fraction of sp³-hybridized carbons (Fsp3) is 0.650. The Kier molecular flexibility index (Phi) is 5.99. The Labute approximate surface area is 161 Å². The molecule has 148 valence electrons. The van der Waals surface area contributed by atoms with E-state index in [1.165, 1.54) is 0 Å². The molecule has 7 heteroatoms. The third kappa shape index (κ3) is 4.40. The van der Waals surface area contributed by atoms with Gasteiger partial charge in [0.05, 0.1) is 12.2 Å². The highest BCUT2D eigenvalue weighted by atomic mass is 16.5. The first kappa shape index (κ1) is 19.6. The first-order chi connectivity index (χ1) is 12.9. The molecule has 0 bridgehead atoms. The van der Waals surface area contributed by atoms with E-state index in [0.717, 1.165) is 44.7 Å². The van der Waals surface area contributed by atoms with Crippen molar-refractivity contribution in [3.63, 3.8) is 0 Å². The van der Waals surface area contributed by atoms with Gasteiger partial charge in [0.15, 0.2) is 0 Å². The average Bonchev–Trinajstić information content (AvgIpc) is 2.69. The van der Waals surface area contributed by atoms with Crippen LogP contribution in [-0.2, 0) is 9.53 Å². The van der Waals surface area contributed by atoms with Crippen molar-refractivity contribution in [1.82, 2.24) is 14.8 Å². The molecule has 2 aliphatic rings. The number of ether oxygens (including phenoxy) is 1. The number of amides is 2. The zero-order chi connectivity index (χ0) is 19.4. The van der Waals surface area contributed by atoms with E-state index in [2.05, 4.69) is 4.98 Å². The molecule has 1 spiro atoms. The molecular formula is C20H30N4O3. The van der Waals surface area contributed by atoms with Crippen LogP contribution in [0.25, 0.3) is 0 Å². The Morgan fingerprint density at radius 3 is 2.59 bits per heavy atom. The maximum atomic E-state index is 12.8. The minimum atomic E-state index is 0.0470. The number of piperidine rings is 2. The molecule has 0 saturated carbocycles. The summed E-state index contributed by atoms with van der Waals surface area (Å²) in [7, 11) is 5.52. The smallest absolute Gasteiger partial charge is 0.255 e. The number of carbonyl (C=O) groups excluding carboxylic acids is 2. The number of likely N-dealkylation sites (tertiary alicyclic amines) is 2. The van der Waals surface area contributed by atoms with Crippen LogP contribution in [0.3, 0.4) is 0 Å². The van der Waals surface area contributed by atoms with Crippen LogP contribution in [0.15, 0.2) is 18.3 Å². The fourth-order valence-corrected chi connectivity index (χ4v) is 4.06. The second kappa shape index (κ2) is 8.25. The zero-order valence-corrected chi connectivity index (χ0v) is 16.6. The van der Waals surface area contributed by atoms with Gasteiger partial charge in [0, 0.05) is 60.0 Å². The second-order valence-electron chi connectivity index (χ2n) is 7.90. The number of pyridine rings is 1. The third-order valence-electron chi connectivity index (χ3n) is 5.88. The number of anilines is 1. The molecule has 0 atom stereocenters. The maximum Gasteiger partial charge on any atom is 0.255 e. The van der Waals surface area contributed by atoms with E-state index in [9.17, 15) is 9.59 Å². The van der Waals surface area contributed by atoms with Gasteiger partial charge in [0.2, 0.25) is 5.91 Å². The van der Waals surface area contributed by atoms with E-state index in [-0.39, 0.29) is 17.2 Å². The Bertz CT molecular complexity index is 666.